The van der Waals surface area contributed by atoms with Crippen LogP contribution in [0.3, 0.4) is 0 Å². The number of benzene rings is 1. The van der Waals surface area contributed by atoms with Crippen molar-refractivity contribution in [1.82, 2.24) is 0 Å². The summed E-state index contributed by atoms with van der Waals surface area (Å²) in [4.78, 5) is 0. The molecular formula is C12H13B. The van der Waals surface area contributed by atoms with E-state index in [1.807, 2.05) is 32.0 Å². The van der Waals surface area contributed by atoms with Crippen molar-refractivity contribution >= 4 is 24.5 Å². The smallest absolute Gasteiger partial charge is 0.0955 e. The lowest BCUT2D eigenvalue weighted by molar-refractivity contribution is 1.53. The molecule has 0 aliphatic carbocycles. The van der Waals surface area contributed by atoms with Crippen LogP contribution in [0.5, 0.6) is 0 Å². The lowest BCUT2D eigenvalue weighted by Crippen LogP contribution is -2.10. The van der Waals surface area contributed by atoms with Crippen LogP contribution in [0.1, 0.15) is 25.0 Å². The highest BCUT2D eigenvalue weighted by atomic mass is 14.1. The van der Waals surface area contributed by atoms with E-state index in [0.717, 1.165) is 27.7 Å². The van der Waals surface area contributed by atoms with Gasteiger partial charge in [-0.3, -0.25) is 0 Å². The Hall–Kier alpha value is -1.24. The van der Waals surface area contributed by atoms with Gasteiger partial charge in [0.05, 0.1) is 0 Å². The molecule has 0 fully saturated rings. The molecule has 0 aromatic heterocycles. The predicted octanol–water partition coefficient (Wildman–Crippen LogP) is 2.55. The van der Waals surface area contributed by atoms with Crippen LogP contribution in [0.4, 0.5) is 0 Å². The molecule has 1 rings (SSSR count). The van der Waals surface area contributed by atoms with Gasteiger partial charge in [-0.15, -0.1) is 0 Å². The van der Waals surface area contributed by atoms with Gasteiger partial charge in [-0.2, -0.15) is 0 Å². The van der Waals surface area contributed by atoms with Crippen LogP contribution in [0, 0.1) is 0 Å². The van der Waals surface area contributed by atoms with Crippen LogP contribution in [0.2, 0.25) is 0 Å². The lowest BCUT2D eigenvalue weighted by Gasteiger charge is -2.12. The third-order valence-electron chi connectivity index (χ3n) is 1.98. The van der Waals surface area contributed by atoms with E-state index in [-0.39, 0.29) is 0 Å². The van der Waals surface area contributed by atoms with Gasteiger partial charge in [0.25, 0.3) is 0 Å². The van der Waals surface area contributed by atoms with Gasteiger partial charge in [0.2, 0.25) is 0 Å². The molecule has 13 heavy (non-hydrogen) atoms. The van der Waals surface area contributed by atoms with E-state index in [4.69, 9.17) is 7.85 Å². The van der Waals surface area contributed by atoms with Crippen molar-refractivity contribution in [2.45, 2.75) is 13.8 Å². The first-order chi connectivity index (χ1) is 6.04. The predicted molar refractivity (Wildman–Crippen MR) is 61.2 cm³/mol. The Bertz CT molecular complexity index is 361. The van der Waals surface area contributed by atoms with E-state index >= 15 is 0 Å². The highest BCUT2D eigenvalue weighted by Gasteiger charge is 2.05. The molecule has 0 saturated carbocycles. The van der Waals surface area contributed by atoms with E-state index in [0.29, 0.717) is 0 Å². The van der Waals surface area contributed by atoms with Crippen molar-refractivity contribution in [2.75, 3.05) is 0 Å². The Balaban J connectivity index is 3.43. The zero-order chi connectivity index (χ0) is 10.0. The number of allylic oxidation sites excluding steroid dienone is 2. The van der Waals surface area contributed by atoms with Crippen LogP contribution in [0.15, 0.2) is 31.4 Å². The third-order valence-corrected chi connectivity index (χ3v) is 1.98. The molecule has 0 unspecified atom stereocenters. The molecule has 0 aliphatic heterocycles. The van der Waals surface area contributed by atoms with Gasteiger partial charge < -0.3 is 0 Å². The average Bonchev–Trinajstić information content (AvgIpc) is 2.02. The molecule has 0 saturated heterocycles. The van der Waals surface area contributed by atoms with Gasteiger partial charge in [-0.05, 0) is 25.0 Å². The normalized spacial score (nSPS) is 9.69. The molecule has 1 aromatic carbocycles. The average molecular weight is 168 g/mol. The summed E-state index contributed by atoms with van der Waals surface area (Å²) in [7, 11) is 5.86. The van der Waals surface area contributed by atoms with Gasteiger partial charge in [-0.1, -0.05) is 48.0 Å². The number of hydrogen-bond acceptors (Lipinski definition) is 0. The van der Waals surface area contributed by atoms with E-state index < -0.39 is 0 Å². The zero-order valence-electron chi connectivity index (χ0n) is 8.22. The maximum Gasteiger partial charge on any atom is 0.114 e. The fourth-order valence-electron chi connectivity index (χ4n) is 1.40. The van der Waals surface area contributed by atoms with Gasteiger partial charge in [-0.25, -0.2) is 0 Å². The van der Waals surface area contributed by atoms with Crippen molar-refractivity contribution < 1.29 is 0 Å². The summed E-state index contributed by atoms with van der Waals surface area (Å²) in [6, 6.07) is 5.84. The SMILES string of the molecule is [B]c1cccc(C(=C)C)c1C(=C)C. The summed E-state index contributed by atoms with van der Waals surface area (Å²) in [5.41, 5.74) is 4.89. The van der Waals surface area contributed by atoms with Gasteiger partial charge in [0.1, 0.15) is 7.85 Å². The zero-order valence-corrected chi connectivity index (χ0v) is 8.22. The highest BCUT2D eigenvalue weighted by Crippen LogP contribution is 2.20. The molecule has 0 atom stereocenters. The Morgan fingerprint density at radius 1 is 1.15 bits per heavy atom. The van der Waals surface area contributed by atoms with Crippen LogP contribution < -0.4 is 5.46 Å². The molecule has 0 aliphatic rings. The number of rotatable bonds is 2. The molecule has 0 N–H and O–H groups in total. The second-order valence-electron chi connectivity index (χ2n) is 3.33. The standard InChI is InChI=1S/C12H13B/c1-8(2)10-6-5-7-11(13)12(10)9(3)4/h5-7H,1,3H2,2,4H3. The molecule has 1 aromatic rings. The maximum absolute atomic E-state index is 5.86. The fraction of sp³-hybridized carbons (Fsp3) is 0.167. The van der Waals surface area contributed by atoms with Crippen molar-refractivity contribution in [1.29, 1.82) is 0 Å². The summed E-state index contributed by atoms with van der Waals surface area (Å²) >= 11 is 0. The van der Waals surface area contributed by atoms with Crippen LogP contribution in [-0.4, -0.2) is 7.85 Å². The summed E-state index contributed by atoms with van der Waals surface area (Å²) in [5, 5.41) is 0. The van der Waals surface area contributed by atoms with Gasteiger partial charge in [0, 0.05) is 0 Å². The minimum absolute atomic E-state index is 0.771. The molecule has 0 spiro atoms. The van der Waals surface area contributed by atoms with Crippen LogP contribution in [0.25, 0.3) is 11.1 Å². The van der Waals surface area contributed by atoms with Crippen molar-refractivity contribution in [3.8, 4) is 0 Å². The Morgan fingerprint density at radius 2 is 1.77 bits per heavy atom. The Morgan fingerprint density at radius 3 is 2.15 bits per heavy atom. The Labute approximate surface area is 81.4 Å². The molecule has 1 heteroatoms. The van der Waals surface area contributed by atoms with Gasteiger partial charge >= 0.3 is 0 Å². The summed E-state index contributed by atoms with van der Waals surface area (Å²) in [5.74, 6) is 0. The van der Waals surface area contributed by atoms with E-state index in [1.165, 1.54) is 0 Å². The van der Waals surface area contributed by atoms with Crippen LogP contribution in [-0.2, 0) is 0 Å². The van der Waals surface area contributed by atoms with Crippen molar-refractivity contribution in [3.63, 3.8) is 0 Å². The van der Waals surface area contributed by atoms with E-state index in [1.54, 1.807) is 0 Å². The van der Waals surface area contributed by atoms with Gasteiger partial charge in [0.15, 0.2) is 0 Å². The molecule has 64 valence electrons. The Kier molecular flexibility index (Phi) is 2.77. The third kappa shape index (κ3) is 1.92. The molecule has 0 amide bonds. The molecule has 0 heterocycles. The van der Waals surface area contributed by atoms with Crippen molar-refractivity contribution in [2.24, 2.45) is 0 Å². The minimum atomic E-state index is 0.771. The largest absolute Gasteiger partial charge is 0.114 e. The monoisotopic (exact) mass is 168 g/mol. The quantitative estimate of drug-likeness (QED) is 0.595. The topological polar surface area (TPSA) is 0 Å². The van der Waals surface area contributed by atoms with E-state index in [2.05, 4.69) is 13.2 Å². The second kappa shape index (κ2) is 3.65. The summed E-state index contributed by atoms with van der Waals surface area (Å²) in [6.07, 6.45) is 0. The first-order valence-corrected chi connectivity index (χ1v) is 4.24. The fourth-order valence-corrected chi connectivity index (χ4v) is 1.40. The first-order valence-electron chi connectivity index (χ1n) is 4.24. The van der Waals surface area contributed by atoms with E-state index in [9.17, 15) is 0 Å². The minimum Gasteiger partial charge on any atom is -0.0955 e. The molecule has 2 radical (unpaired) electrons. The van der Waals surface area contributed by atoms with Crippen LogP contribution >= 0.6 is 0 Å². The second-order valence-corrected chi connectivity index (χ2v) is 3.33. The summed E-state index contributed by atoms with van der Waals surface area (Å²) < 4.78 is 0. The highest BCUT2D eigenvalue weighted by molar-refractivity contribution is 6.35. The maximum atomic E-state index is 5.86. The number of hydrogen-bond donors (Lipinski definition) is 0. The van der Waals surface area contributed by atoms with Crippen molar-refractivity contribution in [3.05, 3.63) is 42.5 Å². The molecule has 0 nitrogen and oxygen atoms in total. The molecular weight excluding hydrogens is 155 g/mol. The first kappa shape index (κ1) is 9.85. The molecule has 0 bridgehead atoms. The summed E-state index contributed by atoms with van der Waals surface area (Å²) in [6.45, 7) is 11.8. The lowest BCUT2D eigenvalue weighted by atomic mass is 9.83.